The van der Waals surface area contributed by atoms with E-state index in [0.29, 0.717) is 68.4 Å². The van der Waals surface area contributed by atoms with Gasteiger partial charge < -0.3 is 20.1 Å². The van der Waals surface area contributed by atoms with Crippen LogP contribution in [0.5, 0.6) is 11.5 Å². The lowest BCUT2D eigenvalue weighted by Gasteiger charge is -2.33. The van der Waals surface area contributed by atoms with Gasteiger partial charge in [0.25, 0.3) is 0 Å². The molecule has 10 nitrogen and oxygen atoms in total. The minimum atomic E-state index is -3.41. The molecule has 1 aromatic heterocycles. The number of hydrogen-bond donors (Lipinski definition) is 1. The van der Waals surface area contributed by atoms with Crippen LogP contribution in [0, 0.1) is 12.7 Å². The number of ketones is 1. The first-order chi connectivity index (χ1) is 21.7. The summed E-state index contributed by atoms with van der Waals surface area (Å²) in [5.74, 6) is 0.189. The van der Waals surface area contributed by atoms with Crippen LogP contribution in [0.2, 0.25) is 0 Å². The maximum Gasteiger partial charge on any atom is 0.235 e. The maximum absolute atomic E-state index is 14.1. The molecule has 45 heavy (non-hydrogen) atoms. The number of carbonyl (C=O) groups excluding carboxylic acids is 1. The van der Waals surface area contributed by atoms with Gasteiger partial charge >= 0.3 is 0 Å². The lowest BCUT2D eigenvalue weighted by molar-refractivity contribution is 0.103. The normalized spacial score (nSPS) is 17.3. The van der Waals surface area contributed by atoms with Crippen LogP contribution >= 0.6 is 0 Å². The molecular weight excluding hydrogens is 597 g/mol. The average molecular weight is 630 g/mol. The second-order valence-electron chi connectivity index (χ2n) is 11.4. The van der Waals surface area contributed by atoms with E-state index in [9.17, 15) is 17.6 Å². The van der Waals surface area contributed by atoms with Gasteiger partial charge in [0, 0.05) is 31.6 Å². The van der Waals surface area contributed by atoms with E-state index in [4.69, 9.17) is 15.2 Å². The largest absolute Gasteiger partial charge is 0.454 e. The molecule has 2 N–H and O–H groups in total. The van der Waals surface area contributed by atoms with E-state index < -0.39 is 15.8 Å². The number of nitrogens with two attached hydrogens (primary N) is 1. The van der Waals surface area contributed by atoms with Crippen LogP contribution < -0.4 is 19.7 Å². The third-order valence-corrected chi connectivity index (χ3v) is 10.3. The van der Waals surface area contributed by atoms with E-state index in [1.54, 1.807) is 36.4 Å². The minimum absolute atomic E-state index is 0.119. The summed E-state index contributed by atoms with van der Waals surface area (Å²) in [6.07, 6.45) is 4.25. The Labute approximate surface area is 260 Å². The van der Waals surface area contributed by atoms with E-state index >= 15 is 0 Å². The summed E-state index contributed by atoms with van der Waals surface area (Å²) in [7, 11) is -3.41. The van der Waals surface area contributed by atoms with Crippen molar-refractivity contribution in [2.24, 2.45) is 0 Å². The van der Waals surface area contributed by atoms with Crippen LogP contribution in [0.4, 0.5) is 21.6 Å². The number of allylic oxidation sites excluding steroid dienone is 1. The van der Waals surface area contributed by atoms with Gasteiger partial charge in [0.15, 0.2) is 17.3 Å². The fourth-order valence-electron chi connectivity index (χ4n) is 6.16. The van der Waals surface area contributed by atoms with Gasteiger partial charge in [-0.15, -0.1) is 0 Å². The number of aromatic nitrogens is 2. The summed E-state index contributed by atoms with van der Waals surface area (Å²) in [5, 5.41) is 4.42. The first-order valence-corrected chi connectivity index (χ1v) is 16.4. The van der Waals surface area contributed by atoms with Crippen molar-refractivity contribution in [2.45, 2.75) is 19.8 Å². The first-order valence-electron chi connectivity index (χ1n) is 14.8. The van der Waals surface area contributed by atoms with E-state index in [2.05, 4.69) is 10.00 Å². The van der Waals surface area contributed by atoms with Crippen molar-refractivity contribution in [3.63, 3.8) is 0 Å². The number of ether oxygens (including phenoxy) is 2. The molecule has 0 radical (unpaired) electrons. The quantitative estimate of drug-likeness (QED) is 0.287. The number of rotatable bonds is 7. The average Bonchev–Trinajstić information content (AvgIpc) is 3.73. The second-order valence-corrected chi connectivity index (χ2v) is 13.4. The summed E-state index contributed by atoms with van der Waals surface area (Å²) < 4.78 is 54.2. The summed E-state index contributed by atoms with van der Waals surface area (Å²) in [6, 6.07) is 15.3. The van der Waals surface area contributed by atoms with Crippen molar-refractivity contribution in [3.8, 4) is 17.2 Å². The number of carbonyl (C=O) groups is 1. The predicted molar refractivity (Wildman–Crippen MR) is 170 cm³/mol. The molecule has 2 saturated heterocycles. The number of halogens is 1. The number of hydrogen-bond acceptors (Lipinski definition) is 8. The van der Waals surface area contributed by atoms with Gasteiger partial charge in [0.2, 0.25) is 10.0 Å². The molecule has 0 saturated carbocycles. The Hall–Kier alpha value is -4.68. The van der Waals surface area contributed by atoms with Crippen LogP contribution in [0.25, 0.3) is 11.8 Å². The molecule has 3 aliphatic rings. The lowest BCUT2D eigenvalue weighted by atomic mass is 10.0. The molecule has 12 heteroatoms. The number of Topliss-reactive ketones (excluding diaryl/α,β-unsaturated/α-hetero) is 1. The molecule has 0 bridgehead atoms. The van der Waals surface area contributed by atoms with Crippen molar-refractivity contribution in [2.75, 3.05) is 53.5 Å². The van der Waals surface area contributed by atoms with Gasteiger partial charge in [-0.25, -0.2) is 17.5 Å². The molecule has 232 valence electrons. The highest BCUT2D eigenvalue weighted by Crippen LogP contribution is 2.41. The number of fused-ring (bicyclic) bond motifs is 1. The fourth-order valence-corrected chi connectivity index (χ4v) is 7.73. The number of nitrogen functional groups attached to an aromatic ring is 1. The summed E-state index contributed by atoms with van der Waals surface area (Å²) >= 11 is 0. The van der Waals surface area contributed by atoms with E-state index in [-0.39, 0.29) is 28.7 Å². The third kappa shape index (κ3) is 5.33. The van der Waals surface area contributed by atoms with Gasteiger partial charge in [-0.1, -0.05) is 12.1 Å². The molecule has 0 unspecified atom stereocenters. The van der Waals surface area contributed by atoms with Gasteiger partial charge in [0.05, 0.1) is 47.8 Å². The third-order valence-electron chi connectivity index (χ3n) is 8.47. The van der Waals surface area contributed by atoms with Crippen LogP contribution in [-0.2, 0) is 21.2 Å². The lowest BCUT2D eigenvalue weighted by Crippen LogP contribution is -2.38. The minimum Gasteiger partial charge on any atom is -0.454 e. The molecule has 0 spiro atoms. The van der Waals surface area contributed by atoms with E-state index in [0.717, 1.165) is 22.4 Å². The van der Waals surface area contributed by atoms with Gasteiger partial charge in [-0.05, 0) is 78.6 Å². The smallest absolute Gasteiger partial charge is 0.235 e. The zero-order valence-corrected chi connectivity index (χ0v) is 25.5. The number of nitrogens with zero attached hydrogens (tertiary/aromatic N) is 4. The summed E-state index contributed by atoms with van der Waals surface area (Å²) in [6.45, 7) is 4.72. The van der Waals surface area contributed by atoms with Crippen LogP contribution in [0.1, 0.15) is 33.5 Å². The molecule has 3 heterocycles. The zero-order valence-electron chi connectivity index (χ0n) is 24.7. The molecule has 2 fully saturated rings. The highest BCUT2D eigenvalue weighted by molar-refractivity contribution is 7.93. The highest BCUT2D eigenvalue weighted by Gasteiger charge is 2.34. The number of aryl methyl sites for hydroxylation is 1. The molecule has 2 aliphatic heterocycles. The van der Waals surface area contributed by atoms with Gasteiger partial charge in [-0.3, -0.25) is 9.10 Å². The Morgan fingerprint density at radius 1 is 1.02 bits per heavy atom. The first kappa shape index (κ1) is 29.1. The molecule has 0 atom stereocenters. The number of anilines is 3. The molecule has 3 aromatic carbocycles. The molecule has 1 aliphatic carbocycles. The Balaban J connectivity index is 1.16. The number of sulfonamides is 1. The Morgan fingerprint density at radius 2 is 1.82 bits per heavy atom. The van der Waals surface area contributed by atoms with Gasteiger partial charge in [-0.2, -0.15) is 5.10 Å². The SMILES string of the molecule is Cc1cc(Oc2ccccc2F)ccc1-n1ncc(C(=O)C2=Cc3cc(N4CCOCC4)c(N4CCCS4(=O)=O)cc3C2)c1N. The van der Waals surface area contributed by atoms with Gasteiger partial charge in [0.1, 0.15) is 11.6 Å². The van der Waals surface area contributed by atoms with Crippen molar-refractivity contribution in [3.05, 3.63) is 94.4 Å². The van der Waals surface area contributed by atoms with E-state index in [1.807, 2.05) is 25.1 Å². The molecular formula is C33H32FN5O5S. The highest BCUT2D eigenvalue weighted by atomic mass is 32.2. The number of morpholine rings is 1. The second kappa shape index (κ2) is 11.4. The maximum atomic E-state index is 14.1. The molecule has 7 rings (SSSR count). The van der Waals surface area contributed by atoms with Crippen molar-refractivity contribution >= 4 is 39.1 Å². The van der Waals surface area contributed by atoms with Crippen molar-refractivity contribution in [1.29, 1.82) is 0 Å². The summed E-state index contributed by atoms with van der Waals surface area (Å²) in [4.78, 5) is 15.9. The van der Waals surface area contributed by atoms with Crippen LogP contribution in [0.3, 0.4) is 0 Å². The van der Waals surface area contributed by atoms with Crippen LogP contribution in [-0.4, -0.2) is 62.6 Å². The van der Waals surface area contributed by atoms with E-state index in [1.165, 1.54) is 21.3 Å². The van der Waals surface area contributed by atoms with Crippen molar-refractivity contribution in [1.82, 2.24) is 9.78 Å². The monoisotopic (exact) mass is 629 g/mol. The fraction of sp³-hybridized carbons (Fsp3) is 0.273. The number of benzene rings is 3. The standard InChI is InChI=1S/C33H32FN5O5S/c1-21-15-25(44-31-6-3-2-5-27(31)34)7-8-28(21)39-33(35)26(20-36-39)32(40)24-16-22-18-29(37-10-12-43-13-11-37)30(19-23(22)17-24)38-9-4-14-45(38,41)42/h2-3,5-8,15-16,18-20H,4,9-14,17,35H2,1H3. The Morgan fingerprint density at radius 3 is 2.56 bits per heavy atom. The summed E-state index contributed by atoms with van der Waals surface area (Å²) in [5.41, 5.74) is 12.0. The Bertz CT molecular complexity index is 1970. The number of para-hydroxylation sites is 1. The Kier molecular flexibility index (Phi) is 7.33. The van der Waals surface area contributed by atoms with Crippen molar-refractivity contribution < 1.29 is 27.1 Å². The molecule has 0 amide bonds. The topological polar surface area (TPSA) is 120 Å². The predicted octanol–water partition coefficient (Wildman–Crippen LogP) is 4.89. The molecule has 4 aromatic rings. The zero-order chi connectivity index (χ0) is 31.3. The van der Waals surface area contributed by atoms with Crippen LogP contribution in [0.15, 0.2) is 66.4 Å².